The van der Waals surface area contributed by atoms with E-state index < -0.39 is 23.7 Å². The van der Waals surface area contributed by atoms with Gasteiger partial charge in [-0.1, -0.05) is 11.6 Å². The molecule has 0 spiro atoms. The number of ether oxygens (including phenoxy) is 2. The van der Waals surface area contributed by atoms with Gasteiger partial charge in [-0.2, -0.15) is 0 Å². The number of nitrogens with one attached hydrogen (secondary N) is 1. The molecule has 0 fully saturated rings. The summed E-state index contributed by atoms with van der Waals surface area (Å²) in [6.45, 7) is 3.89. The monoisotopic (exact) mass is 586 g/mol. The zero-order valence-corrected chi connectivity index (χ0v) is 23.6. The van der Waals surface area contributed by atoms with Crippen molar-refractivity contribution in [2.45, 2.75) is 13.8 Å². The number of amides is 1. The molecule has 2 N–H and O–H groups in total. The van der Waals surface area contributed by atoms with Crippen molar-refractivity contribution in [3.8, 4) is 11.3 Å². The first kappa shape index (κ1) is 29.8. The lowest BCUT2D eigenvalue weighted by Gasteiger charge is -2.09. The number of rotatable bonds is 10. The fourth-order valence-electron chi connectivity index (χ4n) is 3.75. The van der Waals surface area contributed by atoms with Gasteiger partial charge in [-0.15, -0.1) is 0 Å². The summed E-state index contributed by atoms with van der Waals surface area (Å²) in [5, 5.41) is 14.2. The average molecular weight is 587 g/mol. The van der Waals surface area contributed by atoms with Crippen molar-refractivity contribution in [1.82, 2.24) is 0 Å². The number of anilines is 1. The smallest absolute Gasteiger partial charge is 0.338 e. The van der Waals surface area contributed by atoms with E-state index in [1.807, 2.05) is 0 Å². The highest BCUT2D eigenvalue weighted by atomic mass is 35.5. The molecule has 3 aromatic carbocycles. The summed E-state index contributed by atoms with van der Waals surface area (Å²) in [6.07, 6.45) is 1.35. The minimum atomic E-state index is -0.687. The standard InChI is InChI=1S/C32H27ClN2O7/c1-3-40-31(38)21-7-13-24(14-8-21)34-29(36)27(19-26-17-18-28(42-26)20-5-11-23(33)12-6-20)30(37)35-25-15-9-22(10-16-25)32(39)41-4-2/h5-19H,3-4H2,1-2H3,(H,34,36)(H,35,37). The minimum absolute atomic E-state index is 0.198. The second kappa shape index (κ2) is 14.0. The van der Waals surface area contributed by atoms with E-state index in [-0.39, 0.29) is 24.5 Å². The Labute approximate surface area is 247 Å². The molecule has 1 amide bonds. The number of hydrogen-bond acceptors (Lipinski definition) is 7. The molecule has 0 radical (unpaired) electrons. The maximum atomic E-state index is 13.4. The van der Waals surface area contributed by atoms with Crippen molar-refractivity contribution in [1.29, 1.82) is 0 Å². The number of esters is 2. The van der Waals surface area contributed by atoms with Crippen LogP contribution in [0.1, 0.15) is 40.3 Å². The van der Waals surface area contributed by atoms with Crippen molar-refractivity contribution in [3.05, 3.63) is 112 Å². The maximum absolute atomic E-state index is 13.4. The Morgan fingerprint density at radius 2 is 1.40 bits per heavy atom. The summed E-state index contributed by atoms with van der Waals surface area (Å²) >= 11 is 5.98. The lowest BCUT2D eigenvalue weighted by atomic mass is 10.1. The molecule has 10 heteroatoms. The molecule has 4 rings (SSSR count). The van der Waals surface area contributed by atoms with Gasteiger partial charge in [0.2, 0.25) is 5.90 Å². The second-order valence-corrected chi connectivity index (χ2v) is 9.16. The van der Waals surface area contributed by atoms with E-state index in [4.69, 9.17) is 25.5 Å². The predicted molar refractivity (Wildman–Crippen MR) is 160 cm³/mol. The molecule has 0 saturated heterocycles. The van der Waals surface area contributed by atoms with Gasteiger partial charge in [-0.05, 0) is 105 Å². The Balaban J connectivity index is 1.64. The van der Waals surface area contributed by atoms with Crippen molar-refractivity contribution in [3.63, 3.8) is 0 Å². The van der Waals surface area contributed by atoms with Crippen molar-refractivity contribution in [2.75, 3.05) is 18.5 Å². The Morgan fingerprint density at radius 1 is 0.833 bits per heavy atom. The van der Waals surface area contributed by atoms with Crippen LogP contribution >= 0.6 is 11.6 Å². The van der Waals surface area contributed by atoms with Gasteiger partial charge < -0.3 is 24.3 Å². The van der Waals surface area contributed by atoms with Crippen LogP contribution in [0, 0.1) is 0 Å². The third-order valence-electron chi connectivity index (χ3n) is 5.79. The molecule has 0 aliphatic heterocycles. The molecule has 0 aliphatic carbocycles. The second-order valence-electron chi connectivity index (χ2n) is 8.72. The number of carbonyl (C=O) groups excluding carboxylic acids is 3. The number of halogens is 1. The largest absolute Gasteiger partial charge is 0.493 e. The van der Waals surface area contributed by atoms with Crippen LogP contribution < -0.4 is 5.32 Å². The summed E-state index contributed by atoms with van der Waals surface area (Å²) in [6, 6.07) is 22.5. The predicted octanol–water partition coefficient (Wildman–Crippen LogP) is 7.26. The average Bonchev–Trinajstić information content (AvgIpc) is 3.46. The first-order valence-electron chi connectivity index (χ1n) is 13.0. The number of aliphatic hydroxyl groups is 1. The van der Waals surface area contributed by atoms with E-state index in [0.29, 0.717) is 33.3 Å². The number of carbonyl (C=O) groups is 3. The lowest BCUT2D eigenvalue weighted by molar-refractivity contribution is -0.112. The summed E-state index contributed by atoms with van der Waals surface area (Å²) in [4.78, 5) is 41.4. The van der Waals surface area contributed by atoms with Crippen LogP contribution in [0.4, 0.5) is 11.4 Å². The molecule has 42 heavy (non-hydrogen) atoms. The number of benzene rings is 3. The summed E-state index contributed by atoms with van der Waals surface area (Å²) < 4.78 is 15.9. The molecule has 0 saturated carbocycles. The van der Waals surface area contributed by atoms with Crippen LogP contribution in [0.5, 0.6) is 0 Å². The number of nitrogens with zero attached hydrogens (tertiary/aromatic N) is 1. The third-order valence-corrected chi connectivity index (χ3v) is 6.05. The molecule has 0 aliphatic rings. The molecular weight excluding hydrogens is 560 g/mol. The van der Waals surface area contributed by atoms with Gasteiger partial charge in [0.15, 0.2) is 0 Å². The van der Waals surface area contributed by atoms with Crippen molar-refractivity contribution < 1.29 is 33.4 Å². The highest BCUT2D eigenvalue weighted by molar-refractivity contribution is 6.30. The Hall–Kier alpha value is -5.15. The lowest BCUT2D eigenvalue weighted by Crippen LogP contribution is -2.20. The van der Waals surface area contributed by atoms with Crippen molar-refractivity contribution in [2.24, 2.45) is 4.99 Å². The number of furan rings is 1. The highest BCUT2D eigenvalue weighted by Crippen LogP contribution is 2.26. The van der Waals surface area contributed by atoms with E-state index in [2.05, 4.69) is 10.3 Å². The quantitative estimate of drug-likeness (QED) is 0.0866. The van der Waals surface area contributed by atoms with E-state index in [0.717, 1.165) is 5.56 Å². The van der Waals surface area contributed by atoms with Gasteiger partial charge in [0.25, 0.3) is 5.91 Å². The van der Waals surface area contributed by atoms with Gasteiger partial charge in [-0.3, -0.25) is 4.79 Å². The molecule has 4 aromatic rings. The number of hydrogen-bond donors (Lipinski definition) is 2. The van der Waals surface area contributed by atoms with Gasteiger partial charge in [0.1, 0.15) is 17.1 Å². The molecule has 1 heterocycles. The van der Waals surface area contributed by atoms with E-state index in [1.54, 1.807) is 50.2 Å². The Bertz CT molecular complexity index is 1620. The zero-order chi connectivity index (χ0) is 30.1. The molecule has 0 bridgehead atoms. The van der Waals surface area contributed by atoms with Crippen molar-refractivity contribution >= 4 is 52.8 Å². The van der Waals surface area contributed by atoms with Crippen LogP contribution in [0.15, 0.2) is 99.9 Å². The highest BCUT2D eigenvalue weighted by Gasteiger charge is 2.19. The van der Waals surface area contributed by atoms with Crippen LogP contribution in [0.2, 0.25) is 5.02 Å². The molecule has 0 atom stereocenters. The molecule has 1 aromatic heterocycles. The van der Waals surface area contributed by atoms with Crippen LogP contribution in [0.25, 0.3) is 17.4 Å². The topological polar surface area (TPSA) is 127 Å². The van der Waals surface area contributed by atoms with Gasteiger partial charge in [0.05, 0.1) is 30.0 Å². The molecule has 9 nitrogen and oxygen atoms in total. The summed E-state index contributed by atoms with van der Waals surface area (Å²) in [5.74, 6) is -1.44. The SMILES string of the molecule is CCOC(=O)c1ccc(N=C(O)C(=Cc2ccc(-c3ccc(Cl)cc3)o2)C(=O)Nc2ccc(C(=O)OCC)cc2)cc1. The Morgan fingerprint density at radius 3 is 1.98 bits per heavy atom. The van der Waals surface area contributed by atoms with E-state index in [1.165, 1.54) is 54.6 Å². The summed E-state index contributed by atoms with van der Waals surface area (Å²) in [7, 11) is 0. The summed E-state index contributed by atoms with van der Waals surface area (Å²) in [5.41, 5.74) is 1.88. The fourth-order valence-corrected chi connectivity index (χ4v) is 3.87. The molecular formula is C32H27ClN2O7. The maximum Gasteiger partial charge on any atom is 0.338 e. The first-order valence-corrected chi connectivity index (χ1v) is 13.4. The zero-order valence-electron chi connectivity index (χ0n) is 22.8. The third kappa shape index (κ3) is 7.74. The Kier molecular flexibility index (Phi) is 9.91. The number of aliphatic imine (C=N–C) groups is 1. The van der Waals surface area contributed by atoms with Crippen LogP contribution in [-0.4, -0.2) is 42.1 Å². The normalized spacial score (nSPS) is 11.6. The van der Waals surface area contributed by atoms with Gasteiger partial charge in [-0.25, -0.2) is 14.6 Å². The first-order chi connectivity index (χ1) is 20.3. The van der Waals surface area contributed by atoms with E-state index >= 15 is 0 Å². The minimum Gasteiger partial charge on any atom is -0.493 e. The van der Waals surface area contributed by atoms with E-state index in [9.17, 15) is 19.5 Å². The fraction of sp³-hybridized carbons (Fsp3) is 0.125. The van der Waals surface area contributed by atoms with Gasteiger partial charge in [0, 0.05) is 16.3 Å². The van der Waals surface area contributed by atoms with Gasteiger partial charge >= 0.3 is 11.9 Å². The molecule has 214 valence electrons. The van der Waals surface area contributed by atoms with Crippen LogP contribution in [-0.2, 0) is 14.3 Å². The molecule has 0 unspecified atom stereocenters. The number of aliphatic hydroxyl groups excluding tert-OH is 1. The van der Waals surface area contributed by atoms with Crippen LogP contribution in [0.3, 0.4) is 0 Å².